The smallest absolute Gasteiger partial charge is 0.262 e. The summed E-state index contributed by atoms with van der Waals surface area (Å²) < 4.78 is 32.2. The van der Waals surface area contributed by atoms with Crippen molar-refractivity contribution >= 4 is 39.9 Å². The quantitative estimate of drug-likeness (QED) is 0.708. The number of anilines is 1. The molecule has 1 saturated heterocycles. The molecule has 0 bridgehead atoms. The molecule has 9 nitrogen and oxygen atoms in total. The fourth-order valence-corrected chi connectivity index (χ4v) is 4.26. The number of benzene rings is 1. The van der Waals surface area contributed by atoms with Gasteiger partial charge in [0.15, 0.2) is 6.61 Å². The Labute approximate surface area is 157 Å². The van der Waals surface area contributed by atoms with E-state index in [0.717, 1.165) is 0 Å². The summed E-state index contributed by atoms with van der Waals surface area (Å²) in [6, 6.07) is 3.76. The predicted molar refractivity (Wildman–Crippen MR) is 96.8 cm³/mol. The van der Waals surface area contributed by atoms with Gasteiger partial charge in [0.05, 0.1) is 16.6 Å². The third-order valence-corrected chi connectivity index (χ3v) is 6.06. The molecule has 0 aromatic heterocycles. The van der Waals surface area contributed by atoms with E-state index in [1.54, 1.807) is 11.8 Å². The summed E-state index contributed by atoms with van der Waals surface area (Å²) in [5, 5.41) is 2.60. The summed E-state index contributed by atoms with van der Waals surface area (Å²) in [6.07, 6.45) is 0. The lowest BCUT2D eigenvalue weighted by Gasteiger charge is -2.34. The normalized spacial score (nSPS) is 18.8. The minimum absolute atomic E-state index is 0. The number of carbonyl (C=O) groups excluding carboxylic acids is 2. The first kappa shape index (κ1) is 20.4. The van der Waals surface area contributed by atoms with Gasteiger partial charge in [-0.25, -0.2) is 8.42 Å². The number of sulfonamides is 1. The number of amides is 2. The van der Waals surface area contributed by atoms with E-state index in [-0.39, 0.29) is 48.8 Å². The van der Waals surface area contributed by atoms with Crippen LogP contribution in [0.5, 0.6) is 5.75 Å². The van der Waals surface area contributed by atoms with Crippen LogP contribution in [0.4, 0.5) is 5.69 Å². The summed E-state index contributed by atoms with van der Waals surface area (Å²) in [6.45, 7) is 2.50. The number of hydrogen-bond acceptors (Lipinski definition) is 6. The van der Waals surface area contributed by atoms with Gasteiger partial charge in [0.25, 0.3) is 5.91 Å². The lowest BCUT2D eigenvalue weighted by Crippen LogP contribution is -2.53. The van der Waals surface area contributed by atoms with Crippen LogP contribution in [0.15, 0.2) is 23.1 Å². The highest BCUT2D eigenvalue weighted by atomic mass is 35.5. The first-order valence-electron chi connectivity index (χ1n) is 7.90. The molecular weight excluding hydrogens is 384 g/mol. The molecule has 3 rings (SSSR count). The lowest BCUT2D eigenvalue weighted by molar-refractivity contribution is -0.133. The Morgan fingerprint density at radius 1 is 1.27 bits per heavy atom. The SMILES string of the molecule is C[C@@H](N)C(=O)N1CCN(S(=O)(=O)c2ccc3c(c2)NC(=O)CO3)CC1.Cl. The number of rotatable bonds is 3. The van der Waals surface area contributed by atoms with Crippen molar-refractivity contribution in [3.63, 3.8) is 0 Å². The Morgan fingerprint density at radius 2 is 1.92 bits per heavy atom. The second kappa shape index (κ2) is 7.78. The van der Waals surface area contributed by atoms with Gasteiger partial charge in [0, 0.05) is 26.2 Å². The first-order valence-corrected chi connectivity index (χ1v) is 9.34. The zero-order chi connectivity index (χ0) is 18.2. The molecule has 26 heavy (non-hydrogen) atoms. The maximum absolute atomic E-state index is 12.8. The van der Waals surface area contributed by atoms with E-state index in [9.17, 15) is 18.0 Å². The molecule has 1 aromatic rings. The van der Waals surface area contributed by atoms with E-state index in [2.05, 4.69) is 5.32 Å². The van der Waals surface area contributed by atoms with E-state index in [0.29, 0.717) is 24.5 Å². The van der Waals surface area contributed by atoms with Crippen molar-refractivity contribution in [2.45, 2.75) is 17.9 Å². The van der Waals surface area contributed by atoms with Crippen molar-refractivity contribution in [1.29, 1.82) is 0 Å². The third-order valence-electron chi connectivity index (χ3n) is 4.16. The van der Waals surface area contributed by atoms with E-state index < -0.39 is 16.1 Å². The average Bonchev–Trinajstić information content (AvgIpc) is 2.60. The topological polar surface area (TPSA) is 122 Å². The highest BCUT2D eigenvalue weighted by molar-refractivity contribution is 7.89. The summed E-state index contributed by atoms with van der Waals surface area (Å²) in [5.74, 6) is -0.0818. The standard InChI is InChI=1S/C15H20N4O5S.ClH/c1-10(16)15(21)18-4-6-19(7-5-18)25(22,23)11-2-3-13-12(8-11)17-14(20)9-24-13;/h2-3,8,10H,4-7,9,16H2,1H3,(H,17,20);1H/t10-;/m1./s1. The number of nitrogens with two attached hydrogens (primary N) is 1. The minimum Gasteiger partial charge on any atom is -0.482 e. The molecule has 144 valence electrons. The van der Waals surface area contributed by atoms with Crippen LogP contribution in [0.2, 0.25) is 0 Å². The summed E-state index contributed by atoms with van der Waals surface area (Å²) in [7, 11) is -3.73. The van der Waals surface area contributed by atoms with E-state index >= 15 is 0 Å². The molecule has 2 amide bonds. The van der Waals surface area contributed by atoms with E-state index in [4.69, 9.17) is 10.5 Å². The number of nitrogens with one attached hydrogen (secondary N) is 1. The van der Waals surface area contributed by atoms with Gasteiger partial charge in [-0.1, -0.05) is 0 Å². The Hall–Kier alpha value is -1.88. The van der Waals surface area contributed by atoms with Gasteiger partial charge in [-0.2, -0.15) is 4.31 Å². The van der Waals surface area contributed by atoms with Gasteiger partial charge in [0.1, 0.15) is 5.75 Å². The van der Waals surface area contributed by atoms with Crippen LogP contribution < -0.4 is 15.8 Å². The molecule has 0 aliphatic carbocycles. The molecular formula is C15H21ClN4O5S. The van der Waals surface area contributed by atoms with Gasteiger partial charge in [-0.3, -0.25) is 9.59 Å². The molecule has 11 heteroatoms. The van der Waals surface area contributed by atoms with Crippen LogP contribution in [0.3, 0.4) is 0 Å². The number of nitrogens with zero attached hydrogens (tertiary/aromatic N) is 2. The Balaban J connectivity index is 0.00000243. The highest BCUT2D eigenvalue weighted by Gasteiger charge is 2.31. The summed E-state index contributed by atoms with van der Waals surface area (Å²) in [5.41, 5.74) is 5.92. The van der Waals surface area contributed by atoms with Crippen molar-refractivity contribution in [3.05, 3.63) is 18.2 Å². The van der Waals surface area contributed by atoms with Crippen molar-refractivity contribution in [2.75, 3.05) is 38.1 Å². The second-order valence-corrected chi connectivity index (χ2v) is 7.95. The molecule has 3 N–H and O–H groups in total. The Kier molecular flexibility index (Phi) is 6.12. The minimum atomic E-state index is -3.73. The van der Waals surface area contributed by atoms with Crippen LogP contribution in [0.1, 0.15) is 6.92 Å². The Bertz CT molecular complexity index is 806. The predicted octanol–water partition coefficient (Wildman–Crippen LogP) is -0.381. The zero-order valence-electron chi connectivity index (χ0n) is 14.2. The van der Waals surface area contributed by atoms with Crippen LogP contribution in [0.25, 0.3) is 0 Å². The van der Waals surface area contributed by atoms with Crippen LogP contribution in [0, 0.1) is 0 Å². The average molecular weight is 405 g/mol. The van der Waals surface area contributed by atoms with Gasteiger partial charge >= 0.3 is 0 Å². The van der Waals surface area contributed by atoms with Crippen LogP contribution >= 0.6 is 12.4 Å². The van der Waals surface area contributed by atoms with Crippen molar-refractivity contribution in [1.82, 2.24) is 9.21 Å². The van der Waals surface area contributed by atoms with E-state index in [1.165, 1.54) is 22.5 Å². The molecule has 0 spiro atoms. The van der Waals surface area contributed by atoms with Gasteiger partial charge in [-0.05, 0) is 25.1 Å². The largest absolute Gasteiger partial charge is 0.482 e. The number of carbonyl (C=O) groups is 2. The van der Waals surface area contributed by atoms with Crippen LogP contribution in [-0.2, 0) is 19.6 Å². The second-order valence-electron chi connectivity index (χ2n) is 6.01. The zero-order valence-corrected chi connectivity index (χ0v) is 15.8. The lowest BCUT2D eigenvalue weighted by atomic mass is 10.2. The van der Waals surface area contributed by atoms with Gasteiger partial charge in [-0.15, -0.1) is 12.4 Å². The fourth-order valence-electron chi connectivity index (χ4n) is 2.81. The van der Waals surface area contributed by atoms with Gasteiger partial charge in [0.2, 0.25) is 15.9 Å². The van der Waals surface area contributed by atoms with Crippen molar-refractivity contribution in [3.8, 4) is 5.75 Å². The van der Waals surface area contributed by atoms with Crippen molar-refractivity contribution in [2.24, 2.45) is 5.73 Å². The molecule has 0 radical (unpaired) electrons. The van der Waals surface area contributed by atoms with Crippen molar-refractivity contribution < 1.29 is 22.7 Å². The fraction of sp³-hybridized carbons (Fsp3) is 0.467. The molecule has 0 saturated carbocycles. The maximum atomic E-state index is 12.8. The number of hydrogen-bond donors (Lipinski definition) is 2. The number of ether oxygens (including phenoxy) is 1. The molecule has 0 unspecified atom stereocenters. The summed E-state index contributed by atoms with van der Waals surface area (Å²) >= 11 is 0. The molecule has 2 aliphatic heterocycles. The number of piperazine rings is 1. The Morgan fingerprint density at radius 3 is 2.54 bits per heavy atom. The highest BCUT2D eigenvalue weighted by Crippen LogP contribution is 2.31. The molecule has 2 aliphatic rings. The molecule has 1 atom stereocenters. The molecule has 1 fully saturated rings. The summed E-state index contributed by atoms with van der Waals surface area (Å²) in [4.78, 5) is 24.9. The monoisotopic (exact) mass is 404 g/mol. The first-order chi connectivity index (χ1) is 11.8. The number of halogens is 1. The van der Waals surface area contributed by atoms with E-state index in [1.807, 2.05) is 0 Å². The van der Waals surface area contributed by atoms with Gasteiger partial charge < -0.3 is 20.7 Å². The molecule has 2 heterocycles. The maximum Gasteiger partial charge on any atom is 0.262 e. The molecule has 1 aromatic carbocycles. The number of fused-ring (bicyclic) bond motifs is 1. The third kappa shape index (κ3) is 3.93. The van der Waals surface area contributed by atoms with Crippen LogP contribution in [-0.4, -0.2) is 68.3 Å².